The zero-order valence-electron chi connectivity index (χ0n) is 21.1. The molecular formula is C31H41NO2. The van der Waals surface area contributed by atoms with E-state index in [4.69, 9.17) is 14.5 Å². The van der Waals surface area contributed by atoms with Gasteiger partial charge >= 0.3 is 0 Å². The molecule has 0 amide bonds. The van der Waals surface area contributed by atoms with Gasteiger partial charge in [0.25, 0.3) is 0 Å². The van der Waals surface area contributed by atoms with Crippen molar-refractivity contribution in [2.75, 3.05) is 13.2 Å². The summed E-state index contributed by atoms with van der Waals surface area (Å²) in [5, 5.41) is 1.09. The molecule has 0 aliphatic carbocycles. The fourth-order valence-corrected chi connectivity index (χ4v) is 4.13. The normalized spacial score (nSPS) is 11.4. The monoisotopic (exact) mass is 459 g/mol. The fraction of sp³-hybridized carbons (Fsp3) is 0.452. The first kappa shape index (κ1) is 25.8. The van der Waals surface area contributed by atoms with Crippen LogP contribution in [0.2, 0.25) is 0 Å². The Morgan fingerprint density at radius 2 is 1.38 bits per heavy atom. The third-order valence-corrected chi connectivity index (χ3v) is 6.10. The SMILES string of the molecule is CCCCCCCCCCCCOc1ccc(/C=C/c2nc3ccccc3cc2OCC)cc1. The molecule has 0 atom stereocenters. The van der Waals surface area contributed by atoms with Crippen molar-refractivity contribution < 1.29 is 9.47 Å². The molecule has 2 aromatic carbocycles. The Labute approximate surface area is 206 Å². The molecule has 0 radical (unpaired) electrons. The number of hydrogen-bond acceptors (Lipinski definition) is 3. The lowest BCUT2D eigenvalue weighted by Crippen LogP contribution is -1.97. The number of fused-ring (bicyclic) bond motifs is 1. The minimum atomic E-state index is 0.617. The smallest absolute Gasteiger partial charge is 0.145 e. The van der Waals surface area contributed by atoms with E-state index in [9.17, 15) is 0 Å². The van der Waals surface area contributed by atoms with E-state index in [-0.39, 0.29) is 0 Å². The van der Waals surface area contributed by atoms with Gasteiger partial charge in [0.1, 0.15) is 17.2 Å². The van der Waals surface area contributed by atoms with E-state index < -0.39 is 0 Å². The van der Waals surface area contributed by atoms with Crippen LogP contribution < -0.4 is 9.47 Å². The first-order valence-corrected chi connectivity index (χ1v) is 13.2. The van der Waals surface area contributed by atoms with Crippen LogP contribution in [0, 0.1) is 0 Å². The van der Waals surface area contributed by atoms with Crippen LogP contribution in [0.15, 0.2) is 54.6 Å². The predicted molar refractivity (Wildman–Crippen MR) is 146 cm³/mol. The van der Waals surface area contributed by atoms with Gasteiger partial charge in [-0.3, -0.25) is 0 Å². The zero-order valence-corrected chi connectivity index (χ0v) is 21.1. The minimum absolute atomic E-state index is 0.617. The summed E-state index contributed by atoms with van der Waals surface area (Å²) in [6, 6.07) is 18.5. The average molecular weight is 460 g/mol. The van der Waals surface area contributed by atoms with Crippen molar-refractivity contribution in [3.8, 4) is 11.5 Å². The number of hydrogen-bond donors (Lipinski definition) is 0. The third-order valence-electron chi connectivity index (χ3n) is 6.10. The molecule has 1 heterocycles. The van der Waals surface area contributed by atoms with Gasteiger partial charge in [-0.05, 0) is 49.2 Å². The van der Waals surface area contributed by atoms with Crippen LogP contribution in [0.3, 0.4) is 0 Å². The van der Waals surface area contributed by atoms with Gasteiger partial charge in [-0.15, -0.1) is 0 Å². The molecule has 3 heteroatoms. The molecule has 0 unspecified atom stereocenters. The molecule has 0 aliphatic heterocycles. The molecule has 0 N–H and O–H groups in total. The Hall–Kier alpha value is -2.81. The molecule has 0 saturated heterocycles. The van der Waals surface area contributed by atoms with Crippen LogP contribution >= 0.6 is 0 Å². The van der Waals surface area contributed by atoms with Crippen LogP contribution in [-0.2, 0) is 0 Å². The average Bonchev–Trinajstić information content (AvgIpc) is 2.87. The quantitative estimate of drug-likeness (QED) is 0.200. The zero-order chi connectivity index (χ0) is 23.8. The number of benzene rings is 2. The van der Waals surface area contributed by atoms with Crippen molar-refractivity contribution >= 4 is 23.1 Å². The molecule has 34 heavy (non-hydrogen) atoms. The molecular weight excluding hydrogens is 418 g/mol. The van der Waals surface area contributed by atoms with Crippen LogP contribution in [0.25, 0.3) is 23.1 Å². The van der Waals surface area contributed by atoms with Crippen molar-refractivity contribution in [2.24, 2.45) is 0 Å². The number of aromatic nitrogens is 1. The number of rotatable bonds is 16. The van der Waals surface area contributed by atoms with Crippen LogP contribution in [0.4, 0.5) is 0 Å². The lowest BCUT2D eigenvalue weighted by molar-refractivity contribution is 0.304. The van der Waals surface area contributed by atoms with Gasteiger partial charge in [0, 0.05) is 5.39 Å². The van der Waals surface area contributed by atoms with Crippen molar-refractivity contribution in [3.63, 3.8) is 0 Å². The standard InChI is InChI=1S/C31H41NO2/c1-3-5-6-7-8-9-10-11-12-15-24-34-28-21-18-26(19-22-28)20-23-30-31(33-4-2)25-27-16-13-14-17-29(27)32-30/h13-14,16-23,25H,3-12,15,24H2,1-2H3/b23-20+. The molecule has 0 spiro atoms. The maximum absolute atomic E-state index is 5.94. The van der Waals surface area contributed by atoms with Gasteiger partial charge in [-0.1, -0.05) is 101 Å². The highest BCUT2D eigenvalue weighted by Gasteiger charge is 2.05. The maximum Gasteiger partial charge on any atom is 0.145 e. The summed E-state index contributed by atoms with van der Waals surface area (Å²) < 4.78 is 11.8. The van der Waals surface area contributed by atoms with Gasteiger partial charge in [0.15, 0.2) is 0 Å². The summed E-state index contributed by atoms with van der Waals surface area (Å²) in [5.41, 5.74) is 2.94. The third kappa shape index (κ3) is 8.85. The molecule has 0 saturated carbocycles. The van der Waals surface area contributed by atoms with E-state index in [0.29, 0.717) is 6.61 Å². The number of nitrogens with zero attached hydrogens (tertiary/aromatic N) is 1. The highest BCUT2D eigenvalue weighted by Crippen LogP contribution is 2.25. The summed E-state index contributed by atoms with van der Waals surface area (Å²) in [4.78, 5) is 4.78. The molecule has 3 aromatic rings. The van der Waals surface area contributed by atoms with E-state index in [0.717, 1.165) is 46.7 Å². The lowest BCUT2D eigenvalue weighted by Gasteiger charge is -2.09. The fourth-order valence-electron chi connectivity index (χ4n) is 4.13. The Kier molecular flexibility index (Phi) is 11.5. The lowest BCUT2D eigenvalue weighted by atomic mass is 10.1. The van der Waals surface area contributed by atoms with E-state index in [1.165, 1.54) is 57.8 Å². The number of para-hydroxylation sites is 1. The Morgan fingerprint density at radius 1 is 0.706 bits per heavy atom. The highest BCUT2D eigenvalue weighted by molar-refractivity contribution is 5.83. The second-order valence-corrected chi connectivity index (χ2v) is 8.93. The second-order valence-electron chi connectivity index (χ2n) is 8.93. The van der Waals surface area contributed by atoms with Gasteiger partial charge in [-0.25, -0.2) is 4.98 Å². The summed E-state index contributed by atoms with van der Waals surface area (Å²) in [5.74, 6) is 1.75. The number of pyridine rings is 1. The second kappa shape index (κ2) is 15.2. The molecule has 182 valence electrons. The molecule has 1 aromatic heterocycles. The van der Waals surface area contributed by atoms with Crippen LogP contribution in [-0.4, -0.2) is 18.2 Å². The van der Waals surface area contributed by atoms with Crippen molar-refractivity contribution in [1.29, 1.82) is 0 Å². The Bertz CT molecular complexity index is 994. The Balaban J connectivity index is 1.41. The molecule has 3 rings (SSSR count). The molecule has 0 bridgehead atoms. The molecule has 0 fully saturated rings. The van der Waals surface area contributed by atoms with E-state index >= 15 is 0 Å². The first-order valence-electron chi connectivity index (χ1n) is 13.2. The summed E-state index contributed by atoms with van der Waals surface area (Å²) in [6.45, 7) is 5.69. The van der Waals surface area contributed by atoms with Crippen molar-refractivity contribution in [1.82, 2.24) is 4.98 Å². The first-order chi connectivity index (χ1) is 16.8. The van der Waals surface area contributed by atoms with E-state index in [1.54, 1.807) is 0 Å². The Morgan fingerprint density at radius 3 is 2.09 bits per heavy atom. The van der Waals surface area contributed by atoms with Gasteiger partial charge < -0.3 is 9.47 Å². The van der Waals surface area contributed by atoms with Crippen LogP contribution in [0.5, 0.6) is 11.5 Å². The van der Waals surface area contributed by atoms with Gasteiger partial charge in [0.2, 0.25) is 0 Å². The summed E-state index contributed by atoms with van der Waals surface area (Å²) >= 11 is 0. The maximum atomic E-state index is 5.94. The summed E-state index contributed by atoms with van der Waals surface area (Å²) in [7, 11) is 0. The van der Waals surface area contributed by atoms with Crippen molar-refractivity contribution in [3.05, 3.63) is 65.9 Å². The van der Waals surface area contributed by atoms with E-state index in [2.05, 4.69) is 37.3 Å². The summed E-state index contributed by atoms with van der Waals surface area (Å²) in [6.07, 6.45) is 17.5. The topological polar surface area (TPSA) is 31.4 Å². The number of ether oxygens (including phenoxy) is 2. The van der Waals surface area contributed by atoms with Gasteiger partial charge in [0.05, 0.1) is 18.7 Å². The number of unbranched alkanes of at least 4 members (excludes halogenated alkanes) is 9. The highest BCUT2D eigenvalue weighted by atomic mass is 16.5. The van der Waals surface area contributed by atoms with Crippen molar-refractivity contribution in [2.45, 2.75) is 78.1 Å². The minimum Gasteiger partial charge on any atom is -0.494 e. The molecule has 3 nitrogen and oxygen atoms in total. The predicted octanol–water partition coefficient (Wildman–Crippen LogP) is 9.10. The van der Waals surface area contributed by atoms with Crippen LogP contribution in [0.1, 0.15) is 89.3 Å². The van der Waals surface area contributed by atoms with Gasteiger partial charge in [-0.2, -0.15) is 0 Å². The largest absolute Gasteiger partial charge is 0.494 e. The molecule has 0 aliphatic rings. The van der Waals surface area contributed by atoms with E-state index in [1.807, 2.05) is 43.3 Å².